The van der Waals surface area contributed by atoms with E-state index in [1.807, 2.05) is 18.2 Å². The van der Waals surface area contributed by atoms with Crippen LogP contribution in [0.4, 0.5) is 0 Å². The van der Waals surface area contributed by atoms with Gasteiger partial charge in [0.15, 0.2) is 0 Å². The number of carbonyl (C=O) groups excluding carboxylic acids is 1. The molecule has 0 aliphatic rings. The van der Waals surface area contributed by atoms with Crippen LogP contribution < -0.4 is 0 Å². The molecule has 0 saturated heterocycles. The molecule has 0 radical (unpaired) electrons. The minimum atomic E-state index is -0.305. The molecule has 0 rings (SSSR count). The molecular weight excluding hydrogens is 260 g/mol. The summed E-state index contributed by atoms with van der Waals surface area (Å²) in [6, 6.07) is 0. The normalized spacial score (nSPS) is 16.0. The zero-order valence-corrected chi connectivity index (χ0v) is 14.1. The van der Waals surface area contributed by atoms with Crippen molar-refractivity contribution in [3.63, 3.8) is 0 Å². The molecule has 2 heteroatoms. The molecule has 2 atom stereocenters. The van der Waals surface area contributed by atoms with Crippen LogP contribution >= 0.6 is 0 Å². The summed E-state index contributed by atoms with van der Waals surface area (Å²) >= 11 is 0. The van der Waals surface area contributed by atoms with Crippen LogP contribution in [0.1, 0.15) is 47.5 Å². The van der Waals surface area contributed by atoms with Gasteiger partial charge in [-0.2, -0.15) is 0 Å². The monoisotopic (exact) mass is 290 g/mol. The second-order valence-electron chi connectivity index (χ2n) is 5.49. The highest BCUT2D eigenvalue weighted by atomic mass is 16.5. The fourth-order valence-electron chi connectivity index (χ4n) is 2.03. The fraction of sp³-hybridized carbons (Fsp3) is 0.526. The molecule has 0 saturated carbocycles. The van der Waals surface area contributed by atoms with Crippen LogP contribution in [0.3, 0.4) is 0 Å². The minimum absolute atomic E-state index is 0.305. The van der Waals surface area contributed by atoms with Crippen LogP contribution in [0.15, 0.2) is 48.1 Å². The molecule has 21 heavy (non-hydrogen) atoms. The second-order valence-corrected chi connectivity index (χ2v) is 5.49. The Kier molecular flexibility index (Phi) is 11.3. The van der Waals surface area contributed by atoms with Crippen LogP contribution in [0.2, 0.25) is 0 Å². The minimum Gasteiger partial charge on any atom is -0.463 e. The summed E-state index contributed by atoms with van der Waals surface area (Å²) in [4.78, 5) is 11.0. The summed E-state index contributed by atoms with van der Waals surface area (Å²) in [6.07, 6.45) is 15.7. The van der Waals surface area contributed by atoms with Gasteiger partial charge in [0.1, 0.15) is 0 Å². The predicted molar refractivity (Wildman–Crippen MR) is 91.0 cm³/mol. The van der Waals surface area contributed by atoms with Gasteiger partial charge < -0.3 is 4.74 Å². The molecule has 0 bridgehead atoms. The third-order valence-electron chi connectivity index (χ3n) is 3.23. The Morgan fingerprint density at radius 1 is 1.05 bits per heavy atom. The molecule has 0 N–H and O–H groups in total. The highest BCUT2D eigenvalue weighted by molar-refractivity contribution is 5.82. The number of allylic oxidation sites excluding steroid dienone is 7. The van der Waals surface area contributed by atoms with Crippen molar-refractivity contribution in [1.29, 1.82) is 0 Å². The SMILES string of the molecule is CCOC(=O)/C=C/C=C/C=C/C(C)=C/C(C)CC(C)CC. The van der Waals surface area contributed by atoms with Crippen LogP contribution in [0.5, 0.6) is 0 Å². The van der Waals surface area contributed by atoms with Gasteiger partial charge in [-0.05, 0) is 32.1 Å². The number of ether oxygens (including phenoxy) is 1. The van der Waals surface area contributed by atoms with Gasteiger partial charge in [0.2, 0.25) is 0 Å². The van der Waals surface area contributed by atoms with Gasteiger partial charge in [0.25, 0.3) is 0 Å². The van der Waals surface area contributed by atoms with Crippen LogP contribution in [-0.4, -0.2) is 12.6 Å². The molecule has 2 unspecified atom stereocenters. The maximum atomic E-state index is 11.0. The van der Waals surface area contributed by atoms with Gasteiger partial charge in [0.05, 0.1) is 6.61 Å². The zero-order valence-electron chi connectivity index (χ0n) is 14.1. The summed E-state index contributed by atoms with van der Waals surface area (Å²) < 4.78 is 4.78. The molecule has 0 amide bonds. The van der Waals surface area contributed by atoms with E-state index in [0.717, 1.165) is 5.92 Å². The summed E-state index contributed by atoms with van der Waals surface area (Å²) in [5, 5.41) is 0. The van der Waals surface area contributed by atoms with Crippen molar-refractivity contribution in [3.8, 4) is 0 Å². The maximum absolute atomic E-state index is 11.0. The van der Waals surface area contributed by atoms with E-state index in [4.69, 9.17) is 4.74 Å². The zero-order chi connectivity index (χ0) is 16.1. The van der Waals surface area contributed by atoms with Crippen molar-refractivity contribution in [2.45, 2.75) is 47.5 Å². The van der Waals surface area contributed by atoms with Crippen molar-refractivity contribution in [2.75, 3.05) is 6.61 Å². The molecule has 0 fully saturated rings. The van der Waals surface area contributed by atoms with Gasteiger partial charge in [-0.25, -0.2) is 4.79 Å². The Morgan fingerprint density at radius 3 is 2.24 bits per heavy atom. The first-order valence-electron chi connectivity index (χ1n) is 7.86. The molecule has 0 aliphatic heterocycles. The number of hydrogen-bond donors (Lipinski definition) is 0. The quantitative estimate of drug-likeness (QED) is 0.330. The second kappa shape index (κ2) is 12.2. The van der Waals surface area contributed by atoms with E-state index in [1.165, 1.54) is 24.5 Å². The van der Waals surface area contributed by atoms with E-state index < -0.39 is 0 Å². The Labute approximate surface area is 130 Å². The Balaban J connectivity index is 4.19. The van der Waals surface area contributed by atoms with Crippen molar-refractivity contribution in [1.82, 2.24) is 0 Å². The van der Waals surface area contributed by atoms with Gasteiger partial charge in [-0.15, -0.1) is 0 Å². The van der Waals surface area contributed by atoms with Gasteiger partial charge in [-0.1, -0.05) is 69.2 Å². The van der Waals surface area contributed by atoms with Crippen molar-refractivity contribution < 1.29 is 9.53 Å². The summed E-state index contributed by atoms with van der Waals surface area (Å²) in [5.41, 5.74) is 1.27. The third kappa shape index (κ3) is 11.9. The van der Waals surface area contributed by atoms with Gasteiger partial charge in [-0.3, -0.25) is 0 Å². The van der Waals surface area contributed by atoms with Gasteiger partial charge >= 0.3 is 5.97 Å². The smallest absolute Gasteiger partial charge is 0.330 e. The summed E-state index contributed by atoms with van der Waals surface area (Å²) in [7, 11) is 0. The topological polar surface area (TPSA) is 26.3 Å². The number of esters is 1. The lowest BCUT2D eigenvalue weighted by Crippen LogP contribution is -1.99. The molecule has 0 aromatic heterocycles. The van der Waals surface area contributed by atoms with Crippen molar-refractivity contribution in [2.24, 2.45) is 11.8 Å². The molecular formula is C19H30O2. The van der Waals surface area contributed by atoms with E-state index in [-0.39, 0.29) is 5.97 Å². The average molecular weight is 290 g/mol. The third-order valence-corrected chi connectivity index (χ3v) is 3.23. The largest absolute Gasteiger partial charge is 0.463 e. The highest BCUT2D eigenvalue weighted by Crippen LogP contribution is 2.17. The van der Waals surface area contributed by atoms with E-state index in [2.05, 4.69) is 39.8 Å². The summed E-state index contributed by atoms with van der Waals surface area (Å²) in [5.74, 6) is 1.08. The standard InChI is InChI=1S/C19H30O2/c1-6-16(3)14-18(5)15-17(4)12-10-8-9-11-13-19(20)21-7-2/h8-13,15-16,18H,6-7,14H2,1-5H3/b9-8+,12-10+,13-11+,17-15+. The number of rotatable bonds is 9. The molecule has 0 spiro atoms. The van der Waals surface area contributed by atoms with Gasteiger partial charge in [0, 0.05) is 6.08 Å². The van der Waals surface area contributed by atoms with E-state index in [9.17, 15) is 4.79 Å². The Hall–Kier alpha value is -1.57. The first-order valence-corrected chi connectivity index (χ1v) is 7.86. The van der Waals surface area contributed by atoms with Crippen molar-refractivity contribution in [3.05, 3.63) is 48.1 Å². The molecule has 2 nitrogen and oxygen atoms in total. The maximum Gasteiger partial charge on any atom is 0.330 e. The highest BCUT2D eigenvalue weighted by Gasteiger charge is 2.04. The molecule has 118 valence electrons. The lowest BCUT2D eigenvalue weighted by atomic mass is 9.94. The van der Waals surface area contributed by atoms with Crippen LogP contribution in [-0.2, 0) is 9.53 Å². The number of hydrogen-bond acceptors (Lipinski definition) is 2. The lowest BCUT2D eigenvalue weighted by Gasteiger charge is -2.12. The molecule has 0 heterocycles. The van der Waals surface area contributed by atoms with Crippen LogP contribution in [0.25, 0.3) is 0 Å². The molecule has 0 aromatic carbocycles. The Bertz CT molecular complexity index is 400. The molecule has 0 aromatic rings. The van der Waals surface area contributed by atoms with E-state index >= 15 is 0 Å². The lowest BCUT2D eigenvalue weighted by molar-refractivity contribution is -0.137. The Morgan fingerprint density at radius 2 is 1.67 bits per heavy atom. The average Bonchev–Trinajstić information content (AvgIpc) is 2.42. The first-order chi connectivity index (χ1) is 9.99. The first kappa shape index (κ1) is 19.4. The fourth-order valence-corrected chi connectivity index (χ4v) is 2.03. The van der Waals surface area contributed by atoms with Crippen LogP contribution in [0, 0.1) is 11.8 Å². The van der Waals surface area contributed by atoms with Crippen molar-refractivity contribution >= 4 is 5.97 Å². The predicted octanol–water partition coefficient (Wildman–Crippen LogP) is 5.24. The molecule has 0 aliphatic carbocycles. The van der Waals surface area contributed by atoms with E-state index in [0.29, 0.717) is 12.5 Å². The summed E-state index contributed by atoms with van der Waals surface area (Å²) in [6.45, 7) is 11.1. The number of carbonyl (C=O) groups is 1. The van der Waals surface area contributed by atoms with E-state index in [1.54, 1.807) is 13.0 Å².